The number of aromatic amines is 1. The lowest BCUT2D eigenvalue weighted by Gasteiger charge is -2.40. The van der Waals surface area contributed by atoms with Gasteiger partial charge < -0.3 is 15.0 Å². The van der Waals surface area contributed by atoms with Crippen LogP contribution >= 0.6 is 46.3 Å². The number of amides is 1. The Morgan fingerprint density at radius 1 is 1.09 bits per heavy atom. The minimum atomic E-state index is -0.257. The van der Waals surface area contributed by atoms with Gasteiger partial charge in [0.2, 0.25) is 0 Å². The number of hydrogen-bond donors (Lipinski definition) is 2. The normalized spacial score (nSPS) is 26.7. The van der Waals surface area contributed by atoms with Crippen molar-refractivity contribution in [3.05, 3.63) is 72.6 Å². The first kappa shape index (κ1) is 22.5. The van der Waals surface area contributed by atoms with E-state index in [4.69, 9.17) is 27.9 Å². The molecule has 1 aliphatic heterocycles. The summed E-state index contributed by atoms with van der Waals surface area (Å²) in [6, 6.07) is 12.5. The summed E-state index contributed by atoms with van der Waals surface area (Å²) in [7, 11) is 0. The van der Waals surface area contributed by atoms with Crippen LogP contribution in [-0.4, -0.2) is 22.7 Å². The zero-order valence-corrected chi connectivity index (χ0v) is 21.2. The number of aromatic nitrogens is 1. The molecular formula is C25H22Cl2N2O3S2. The van der Waals surface area contributed by atoms with E-state index < -0.39 is 0 Å². The van der Waals surface area contributed by atoms with E-state index in [1.54, 1.807) is 30.3 Å². The summed E-state index contributed by atoms with van der Waals surface area (Å²) in [6.07, 6.45) is 3.75. The van der Waals surface area contributed by atoms with Crippen LogP contribution < -0.4 is 14.9 Å². The first-order chi connectivity index (χ1) is 16.5. The zero-order valence-electron chi connectivity index (χ0n) is 18.1. The van der Waals surface area contributed by atoms with Gasteiger partial charge in [0.15, 0.2) is 6.61 Å². The van der Waals surface area contributed by atoms with Gasteiger partial charge in [0, 0.05) is 37.3 Å². The average Bonchev–Trinajstić information content (AvgIpc) is 3.52. The highest BCUT2D eigenvalue weighted by molar-refractivity contribution is 8.00. The summed E-state index contributed by atoms with van der Waals surface area (Å²) in [5.41, 5.74) is 1.62. The maximum absolute atomic E-state index is 12.6. The molecule has 9 heteroatoms. The van der Waals surface area contributed by atoms with Crippen molar-refractivity contribution in [2.45, 2.75) is 35.5 Å². The molecule has 3 aliphatic rings. The first-order valence-corrected chi connectivity index (χ1v) is 13.8. The molecule has 2 saturated carbocycles. The Hall–Kier alpha value is -1.93. The molecule has 5 atom stereocenters. The Morgan fingerprint density at radius 3 is 2.68 bits per heavy atom. The first-order valence-electron chi connectivity index (χ1n) is 11.3. The summed E-state index contributed by atoms with van der Waals surface area (Å²) in [5, 5.41) is 5.53. The van der Waals surface area contributed by atoms with Gasteiger partial charge >= 0.3 is 4.87 Å². The molecule has 0 unspecified atom stereocenters. The average molecular weight is 534 g/mol. The third-order valence-electron chi connectivity index (χ3n) is 7.26. The number of anilines is 1. The predicted molar refractivity (Wildman–Crippen MR) is 138 cm³/mol. The van der Waals surface area contributed by atoms with Crippen molar-refractivity contribution >= 4 is 57.9 Å². The maximum atomic E-state index is 12.6. The summed E-state index contributed by atoms with van der Waals surface area (Å²) in [6.45, 7) is -0.130. The van der Waals surface area contributed by atoms with Crippen molar-refractivity contribution in [2.75, 3.05) is 11.9 Å². The number of fused-ring (bicyclic) bond motifs is 6. The van der Waals surface area contributed by atoms with Crippen molar-refractivity contribution < 1.29 is 9.53 Å². The Bertz CT molecular complexity index is 1310. The molecule has 0 spiro atoms. The second-order valence-electron chi connectivity index (χ2n) is 9.20. The maximum Gasteiger partial charge on any atom is 0.305 e. The van der Waals surface area contributed by atoms with Gasteiger partial charge in [-0.15, -0.1) is 11.8 Å². The van der Waals surface area contributed by atoms with Crippen LogP contribution in [0.15, 0.2) is 52.3 Å². The van der Waals surface area contributed by atoms with Gasteiger partial charge in [-0.1, -0.05) is 34.5 Å². The second-order valence-corrected chi connectivity index (χ2v) is 12.3. The molecule has 2 heterocycles. The molecule has 2 fully saturated rings. The summed E-state index contributed by atoms with van der Waals surface area (Å²) in [4.78, 5) is 29.0. The van der Waals surface area contributed by atoms with Gasteiger partial charge in [-0.2, -0.15) is 0 Å². The largest absolute Gasteiger partial charge is 0.483 e. The lowest BCUT2D eigenvalue weighted by Crippen LogP contribution is -2.34. The van der Waals surface area contributed by atoms with Crippen LogP contribution in [0.25, 0.3) is 0 Å². The number of benzene rings is 2. The van der Waals surface area contributed by atoms with Crippen LogP contribution in [0.5, 0.6) is 5.75 Å². The fraction of sp³-hybridized carbons (Fsp3) is 0.360. The van der Waals surface area contributed by atoms with Crippen LogP contribution in [-0.2, 0) is 4.79 Å². The fourth-order valence-corrected chi connectivity index (χ4v) is 9.16. The van der Waals surface area contributed by atoms with Crippen molar-refractivity contribution in [3.8, 4) is 5.75 Å². The molecule has 0 saturated heterocycles. The zero-order chi connectivity index (χ0) is 23.4. The topological polar surface area (TPSA) is 71.2 Å². The smallest absolute Gasteiger partial charge is 0.305 e. The highest BCUT2D eigenvalue weighted by Crippen LogP contribution is 2.64. The molecule has 1 amide bonds. The SMILES string of the molecule is O=C(COc1ccc(Cl)cc1[C@@H]1c2sc(=O)[nH]c2S[C@@H]2[C@H]3CC[C@@H](C3)[C@@H]12)Nc1ccc(Cl)cc1. The van der Waals surface area contributed by atoms with Crippen LogP contribution in [0.3, 0.4) is 0 Å². The van der Waals surface area contributed by atoms with E-state index in [9.17, 15) is 9.59 Å². The number of ether oxygens (including phenoxy) is 1. The van der Waals surface area contributed by atoms with Crippen molar-refractivity contribution in [1.82, 2.24) is 4.98 Å². The van der Waals surface area contributed by atoms with Gasteiger partial charge in [0.25, 0.3) is 5.91 Å². The molecule has 176 valence electrons. The van der Waals surface area contributed by atoms with E-state index >= 15 is 0 Å². The third kappa shape index (κ3) is 4.06. The van der Waals surface area contributed by atoms with Gasteiger partial charge in [-0.05, 0) is 79.5 Å². The number of H-pyrrole nitrogens is 1. The van der Waals surface area contributed by atoms with Gasteiger partial charge in [-0.3, -0.25) is 9.59 Å². The minimum absolute atomic E-state index is 0.0262. The van der Waals surface area contributed by atoms with Crippen molar-refractivity contribution in [3.63, 3.8) is 0 Å². The van der Waals surface area contributed by atoms with E-state index in [0.29, 0.717) is 44.5 Å². The Kier molecular flexibility index (Phi) is 5.92. The molecule has 5 nitrogen and oxygen atoms in total. The van der Waals surface area contributed by atoms with Crippen molar-refractivity contribution in [2.24, 2.45) is 17.8 Å². The molecule has 2 aliphatic carbocycles. The fourth-order valence-electron chi connectivity index (χ4n) is 5.96. The number of rotatable bonds is 5. The molecule has 0 radical (unpaired) electrons. The summed E-state index contributed by atoms with van der Waals surface area (Å²) in [5.74, 6) is 2.18. The van der Waals surface area contributed by atoms with Gasteiger partial charge in [-0.25, -0.2) is 0 Å². The monoisotopic (exact) mass is 532 g/mol. The Morgan fingerprint density at radius 2 is 1.85 bits per heavy atom. The molecular weight excluding hydrogens is 511 g/mol. The highest BCUT2D eigenvalue weighted by Gasteiger charge is 2.55. The van der Waals surface area contributed by atoms with Gasteiger partial charge in [0.1, 0.15) is 5.75 Å². The number of carbonyl (C=O) groups is 1. The third-order valence-corrected chi connectivity index (χ3v) is 10.4. The molecule has 2 aromatic carbocycles. The Labute approximate surface area is 215 Å². The second kappa shape index (κ2) is 8.94. The lowest BCUT2D eigenvalue weighted by atomic mass is 9.74. The summed E-state index contributed by atoms with van der Waals surface area (Å²) < 4.78 is 6.07. The molecule has 6 rings (SSSR count). The van der Waals surface area contributed by atoms with Crippen LogP contribution in [0, 0.1) is 17.8 Å². The molecule has 1 aromatic heterocycles. The number of nitrogens with one attached hydrogen (secondary N) is 2. The molecule has 3 aromatic rings. The quantitative estimate of drug-likeness (QED) is 0.398. The number of thioether (sulfide) groups is 1. The van der Waals surface area contributed by atoms with E-state index in [1.165, 1.54) is 30.6 Å². The lowest BCUT2D eigenvalue weighted by molar-refractivity contribution is -0.118. The number of hydrogen-bond acceptors (Lipinski definition) is 5. The Balaban J connectivity index is 1.30. The van der Waals surface area contributed by atoms with Gasteiger partial charge in [0.05, 0.1) is 5.03 Å². The number of carbonyl (C=O) groups excluding carboxylic acids is 1. The highest BCUT2D eigenvalue weighted by atomic mass is 35.5. The van der Waals surface area contributed by atoms with Crippen LogP contribution in [0.4, 0.5) is 5.69 Å². The predicted octanol–water partition coefficient (Wildman–Crippen LogP) is 6.41. The van der Waals surface area contributed by atoms with E-state index in [-0.39, 0.29) is 23.3 Å². The van der Waals surface area contributed by atoms with E-state index in [1.807, 2.05) is 23.9 Å². The number of halogens is 2. The summed E-state index contributed by atoms with van der Waals surface area (Å²) >= 11 is 15.5. The van der Waals surface area contributed by atoms with Crippen molar-refractivity contribution in [1.29, 1.82) is 0 Å². The van der Waals surface area contributed by atoms with Crippen LogP contribution in [0.1, 0.15) is 35.6 Å². The van der Waals surface area contributed by atoms with E-state index in [2.05, 4.69) is 10.3 Å². The molecule has 2 N–H and O–H groups in total. The number of thiazole rings is 1. The minimum Gasteiger partial charge on any atom is -0.483 e. The molecule has 2 bridgehead atoms. The molecule has 34 heavy (non-hydrogen) atoms. The standard InChI is InChI=1S/C25H22Cl2N2O3S2/c26-14-3-6-16(7-4-14)28-19(30)11-32-18-8-5-15(27)10-17(18)21-20-12-1-2-13(9-12)22(20)33-24-23(21)34-25(31)29-24/h3-8,10,12-13,20-22H,1-2,9,11H2,(H,28,30)(H,29,31)/t12-,13-,20-,21-,22+/m0/s1. The van der Waals surface area contributed by atoms with Crippen LogP contribution in [0.2, 0.25) is 10.0 Å². The van der Waals surface area contributed by atoms with E-state index in [0.717, 1.165) is 15.5 Å².